The Morgan fingerprint density at radius 3 is 2.15 bits per heavy atom. The fourth-order valence-corrected chi connectivity index (χ4v) is 12.1. The summed E-state index contributed by atoms with van der Waals surface area (Å²) in [6.07, 6.45) is -13.6. The lowest BCUT2D eigenvalue weighted by Gasteiger charge is -2.63. The van der Waals surface area contributed by atoms with Gasteiger partial charge in [-0.2, -0.15) is 0 Å². The molecule has 7 aliphatic rings. The van der Waals surface area contributed by atoms with E-state index in [1.54, 1.807) is 0 Å². The number of aliphatic hydroxyl groups is 9. The highest BCUT2D eigenvalue weighted by atomic mass is 16.8. The smallest absolute Gasteiger partial charge is 0.314 e. The van der Waals surface area contributed by atoms with Gasteiger partial charge in [-0.25, -0.2) is 0 Å². The summed E-state index contributed by atoms with van der Waals surface area (Å²) in [5.41, 5.74) is 0.428. The molecule has 20 atom stereocenters. The van der Waals surface area contributed by atoms with E-state index in [1.165, 1.54) is 5.57 Å². The van der Waals surface area contributed by atoms with E-state index in [2.05, 4.69) is 13.5 Å². The van der Waals surface area contributed by atoms with Crippen molar-refractivity contribution < 1.29 is 79.2 Å². The van der Waals surface area contributed by atoms with Gasteiger partial charge in [0.05, 0.1) is 30.8 Å². The molecule has 9 N–H and O–H groups in total. The molecule has 16 heteroatoms. The molecule has 7 fully saturated rings. The fraction of sp³-hybridized carbons (Fsp3) is 0.923. The molecule has 3 heterocycles. The maximum Gasteiger partial charge on any atom is 0.314 e. The van der Waals surface area contributed by atoms with Gasteiger partial charge in [-0.1, -0.05) is 25.5 Å². The second-order valence-corrected chi connectivity index (χ2v) is 18.0. The Hall–Kier alpha value is -1.35. The van der Waals surface area contributed by atoms with E-state index in [1.807, 2.05) is 6.92 Å². The number of allylic oxidation sites excluding steroid dienone is 1. The van der Waals surface area contributed by atoms with Crippen LogP contribution in [0.1, 0.15) is 84.5 Å². The maximum atomic E-state index is 14.8. The van der Waals surface area contributed by atoms with Gasteiger partial charge in [0.15, 0.2) is 18.7 Å². The first kappa shape index (κ1) is 41.8. The minimum Gasteiger partial charge on any atom is -0.432 e. The Bertz CT molecular complexity index is 1380. The highest BCUT2D eigenvalue weighted by Crippen LogP contribution is 2.72. The summed E-state index contributed by atoms with van der Waals surface area (Å²) in [6, 6.07) is 0. The van der Waals surface area contributed by atoms with E-state index >= 15 is 0 Å². The number of aliphatic hydroxyl groups excluding tert-OH is 9. The van der Waals surface area contributed by atoms with Gasteiger partial charge in [-0.15, -0.1) is 0 Å². The molecule has 0 radical (unpaired) electrons. The number of ether oxygens (including phenoxy) is 6. The molecular formula is C39H62O16. The summed E-state index contributed by atoms with van der Waals surface area (Å²) in [4.78, 5) is 14.8. The zero-order valence-electron chi connectivity index (χ0n) is 31.8. The Kier molecular flexibility index (Phi) is 12.2. The van der Waals surface area contributed by atoms with Crippen LogP contribution in [0, 0.1) is 34.0 Å². The van der Waals surface area contributed by atoms with Crippen molar-refractivity contribution in [2.45, 2.75) is 170 Å². The van der Waals surface area contributed by atoms with Gasteiger partial charge in [0.2, 0.25) is 6.29 Å². The number of fused-ring (bicyclic) bond motifs is 3. The Morgan fingerprint density at radius 1 is 0.764 bits per heavy atom. The lowest BCUT2D eigenvalue weighted by molar-refractivity contribution is -0.385. The summed E-state index contributed by atoms with van der Waals surface area (Å²) in [7, 11) is 0. The fourth-order valence-electron chi connectivity index (χ4n) is 12.1. The van der Waals surface area contributed by atoms with E-state index < -0.39 is 111 Å². The molecule has 16 nitrogen and oxygen atoms in total. The minimum atomic E-state index is -1.90. The molecule has 0 aromatic rings. The molecule has 2 bridgehead atoms. The van der Waals surface area contributed by atoms with Crippen LogP contribution in [0.4, 0.5) is 0 Å². The monoisotopic (exact) mass is 786 g/mol. The maximum absolute atomic E-state index is 14.8. The first-order valence-electron chi connectivity index (χ1n) is 20.2. The van der Waals surface area contributed by atoms with Crippen LogP contribution >= 0.6 is 0 Å². The number of carbonyl (C=O) groups is 1. The molecule has 0 amide bonds. The number of esters is 1. The SMILES string of the molecule is C=C1C[C@@]23CC[C@H]4[C@@](C)(CCC[C@@]4(C)C(=O)O[C@@H]4O[C@H](CO)[C@@H](O)[C@H](O[C@@H]5O[C@H](CCO)C[C@H](O)[C@H]5O)[C@H]4O[C@@H]4O[C@H](CO)[C@@H](O)[C@H](O)[C@H]4O)[C@@H]2CC[C@@H]1C3. The molecule has 4 saturated carbocycles. The van der Waals surface area contributed by atoms with Crippen molar-refractivity contribution in [1.29, 1.82) is 0 Å². The second kappa shape index (κ2) is 16.0. The quantitative estimate of drug-likeness (QED) is 0.0987. The van der Waals surface area contributed by atoms with Crippen LogP contribution in [0.15, 0.2) is 12.2 Å². The molecule has 314 valence electrons. The van der Waals surface area contributed by atoms with Crippen molar-refractivity contribution in [2.75, 3.05) is 19.8 Å². The van der Waals surface area contributed by atoms with E-state index in [0.29, 0.717) is 18.3 Å². The molecule has 55 heavy (non-hydrogen) atoms. The van der Waals surface area contributed by atoms with Gasteiger partial charge in [0.1, 0.15) is 48.8 Å². The predicted molar refractivity (Wildman–Crippen MR) is 188 cm³/mol. The van der Waals surface area contributed by atoms with E-state index in [9.17, 15) is 50.8 Å². The summed E-state index contributed by atoms with van der Waals surface area (Å²) in [5.74, 6) is 0.371. The Balaban J connectivity index is 1.19. The lowest BCUT2D eigenvalue weighted by atomic mass is 9.41. The molecule has 0 aromatic heterocycles. The average molecular weight is 787 g/mol. The molecular weight excluding hydrogens is 724 g/mol. The van der Waals surface area contributed by atoms with E-state index in [0.717, 1.165) is 51.4 Å². The molecule has 3 saturated heterocycles. The molecule has 0 unspecified atom stereocenters. The minimum absolute atomic E-state index is 0.0157. The van der Waals surface area contributed by atoms with Gasteiger partial charge in [-0.05, 0) is 93.3 Å². The first-order valence-corrected chi connectivity index (χ1v) is 20.2. The number of rotatable bonds is 10. The summed E-state index contributed by atoms with van der Waals surface area (Å²) < 4.78 is 36.1. The Morgan fingerprint density at radius 2 is 1.44 bits per heavy atom. The summed E-state index contributed by atoms with van der Waals surface area (Å²) in [5, 5.41) is 94.8. The van der Waals surface area contributed by atoms with Gasteiger partial charge in [0.25, 0.3) is 0 Å². The Labute approximate surface area is 321 Å². The molecule has 1 spiro atoms. The number of hydrogen-bond donors (Lipinski definition) is 9. The third-order valence-corrected chi connectivity index (χ3v) is 14.9. The first-order chi connectivity index (χ1) is 26.1. The predicted octanol–water partition coefficient (Wildman–Crippen LogP) is -0.634. The molecule has 3 aliphatic heterocycles. The highest BCUT2D eigenvalue weighted by Gasteiger charge is 2.66. The van der Waals surface area contributed by atoms with Crippen LogP contribution in [0.2, 0.25) is 0 Å². The van der Waals surface area contributed by atoms with Crippen molar-refractivity contribution in [3.63, 3.8) is 0 Å². The average Bonchev–Trinajstić information content (AvgIpc) is 3.38. The van der Waals surface area contributed by atoms with Crippen LogP contribution in [0.25, 0.3) is 0 Å². The highest BCUT2D eigenvalue weighted by molar-refractivity contribution is 5.77. The van der Waals surface area contributed by atoms with Crippen LogP contribution in [-0.2, 0) is 33.2 Å². The lowest BCUT2D eigenvalue weighted by Crippen LogP contribution is -2.67. The van der Waals surface area contributed by atoms with Crippen LogP contribution < -0.4 is 0 Å². The zero-order valence-corrected chi connectivity index (χ0v) is 31.8. The summed E-state index contributed by atoms with van der Waals surface area (Å²) in [6.45, 7) is 6.86. The van der Waals surface area contributed by atoms with E-state index in [-0.39, 0.29) is 36.2 Å². The molecule has 7 rings (SSSR count). The summed E-state index contributed by atoms with van der Waals surface area (Å²) >= 11 is 0. The van der Waals surface area contributed by atoms with Gasteiger partial charge in [-0.3, -0.25) is 4.79 Å². The van der Waals surface area contributed by atoms with E-state index in [4.69, 9.17) is 28.4 Å². The standard InChI is InChI=1S/C39H62O16/c1-18-14-39-11-7-24-37(2,25(39)6-5-19(18)15-39)9-4-10-38(24,3)36(49)55-35-32(54-34-30(48)29(47)27(45)22(16-41)51-34)31(28(46)23(17-42)52-35)53-33-26(44)21(43)13-20(50-33)8-12-40/h19-35,40-48H,1,4-17H2,2-3H3/t19-,20-,21+,22-,23-,24+,25+,26-,27-,28-,29+,30-,31+,32-,33+,34+,35+,37-,38-,39-/m1/s1. The van der Waals surface area contributed by atoms with Gasteiger partial charge >= 0.3 is 5.97 Å². The van der Waals surface area contributed by atoms with Crippen molar-refractivity contribution in [3.05, 3.63) is 12.2 Å². The van der Waals surface area contributed by atoms with Crippen molar-refractivity contribution >= 4 is 5.97 Å². The molecule has 0 aromatic carbocycles. The number of carbonyl (C=O) groups excluding carboxylic acids is 1. The largest absolute Gasteiger partial charge is 0.432 e. The van der Waals surface area contributed by atoms with Crippen LogP contribution in [0.3, 0.4) is 0 Å². The number of hydrogen-bond acceptors (Lipinski definition) is 16. The zero-order chi connectivity index (χ0) is 39.6. The van der Waals surface area contributed by atoms with Crippen LogP contribution in [-0.4, -0.2) is 158 Å². The second-order valence-electron chi connectivity index (χ2n) is 18.0. The third kappa shape index (κ3) is 7.23. The third-order valence-electron chi connectivity index (χ3n) is 14.9. The van der Waals surface area contributed by atoms with Crippen molar-refractivity contribution in [3.8, 4) is 0 Å². The topological polar surface area (TPSA) is 255 Å². The van der Waals surface area contributed by atoms with Gasteiger partial charge in [0, 0.05) is 13.0 Å². The van der Waals surface area contributed by atoms with Crippen LogP contribution in [0.5, 0.6) is 0 Å². The van der Waals surface area contributed by atoms with Crippen molar-refractivity contribution in [2.24, 2.45) is 34.0 Å². The van der Waals surface area contributed by atoms with Gasteiger partial charge < -0.3 is 74.4 Å². The molecule has 4 aliphatic carbocycles. The normalized spacial score (nSPS) is 52.6. The van der Waals surface area contributed by atoms with Crippen molar-refractivity contribution in [1.82, 2.24) is 0 Å².